The predicted molar refractivity (Wildman–Crippen MR) is 172 cm³/mol. The van der Waals surface area contributed by atoms with Gasteiger partial charge in [0, 0.05) is 59.5 Å². The Morgan fingerprint density at radius 3 is 2.55 bits per heavy atom. The lowest BCUT2D eigenvalue weighted by Gasteiger charge is -2.27. The van der Waals surface area contributed by atoms with E-state index in [-0.39, 0.29) is 11.2 Å². The molecule has 0 bridgehead atoms. The van der Waals surface area contributed by atoms with Crippen molar-refractivity contribution in [2.75, 3.05) is 37.8 Å². The fourth-order valence-electron chi connectivity index (χ4n) is 4.80. The Morgan fingerprint density at radius 2 is 1.75 bits per heavy atom. The number of fused-ring (bicyclic) bond motifs is 2. The third kappa shape index (κ3) is 6.08. The van der Waals surface area contributed by atoms with Gasteiger partial charge in [0.05, 0.1) is 28.5 Å². The predicted octanol–water partition coefficient (Wildman–Crippen LogP) is 5.51. The maximum absolute atomic E-state index is 14.7. The first kappa shape index (κ1) is 29.1. The van der Waals surface area contributed by atoms with E-state index in [4.69, 9.17) is 4.98 Å². The van der Waals surface area contributed by atoms with E-state index in [0.29, 0.717) is 51.9 Å². The van der Waals surface area contributed by atoms with Crippen LogP contribution in [0.5, 0.6) is 0 Å². The van der Waals surface area contributed by atoms with E-state index >= 15 is 0 Å². The van der Waals surface area contributed by atoms with Crippen LogP contribution >= 0.6 is 0 Å². The smallest absolute Gasteiger partial charge is 0.159 e. The zero-order chi connectivity index (χ0) is 31.0. The van der Waals surface area contributed by atoms with E-state index < -0.39 is 6.23 Å². The van der Waals surface area contributed by atoms with Gasteiger partial charge in [-0.1, -0.05) is 20.8 Å². The fraction of sp³-hybridized carbons (Fsp3) is 0.281. The van der Waals surface area contributed by atoms with Crippen LogP contribution in [0, 0.1) is 11.2 Å². The summed E-state index contributed by atoms with van der Waals surface area (Å²) in [5, 5.41) is 25.2. The molecule has 0 aliphatic rings. The Balaban J connectivity index is 1.35. The van der Waals surface area contributed by atoms with Crippen LogP contribution < -0.4 is 10.6 Å². The van der Waals surface area contributed by atoms with Crippen LogP contribution in [0.15, 0.2) is 61.2 Å². The van der Waals surface area contributed by atoms with Gasteiger partial charge < -0.3 is 25.6 Å². The second-order valence-corrected chi connectivity index (χ2v) is 12.2. The number of imidazole rings is 1. The number of rotatable bonds is 9. The topological polar surface area (TPSA) is 144 Å². The molecule has 6 aromatic rings. The van der Waals surface area contributed by atoms with Crippen molar-refractivity contribution in [1.82, 2.24) is 40.0 Å². The monoisotopic (exact) mass is 594 g/mol. The van der Waals surface area contributed by atoms with Gasteiger partial charge in [0.1, 0.15) is 23.3 Å². The molecule has 5 N–H and O–H groups in total. The summed E-state index contributed by atoms with van der Waals surface area (Å²) in [5.74, 6) is 0.171. The van der Waals surface area contributed by atoms with Crippen LogP contribution in [-0.4, -0.2) is 78.5 Å². The third-order valence-corrected chi connectivity index (χ3v) is 7.30. The number of hydrogen-bond donors (Lipinski definition) is 5. The first-order chi connectivity index (χ1) is 21.0. The van der Waals surface area contributed by atoms with Crippen molar-refractivity contribution in [2.45, 2.75) is 27.0 Å². The lowest BCUT2D eigenvalue weighted by Crippen LogP contribution is -2.33. The quantitative estimate of drug-likeness (QED) is 0.137. The SMILES string of the molecule is CN(C)CCNc1cc(F)cc(-c2nccc3[nH]c(-c4n[nH]c5ncc(-c6cncc(NC(O)C(C)(C)C)c6)cc45)nc23)c1. The summed E-state index contributed by atoms with van der Waals surface area (Å²) in [6, 6.07) is 10.6. The molecule has 0 fully saturated rings. The molecule has 11 nitrogen and oxygen atoms in total. The summed E-state index contributed by atoms with van der Waals surface area (Å²) >= 11 is 0. The van der Waals surface area contributed by atoms with Gasteiger partial charge >= 0.3 is 0 Å². The van der Waals surface area contributed by atoms with Crippen LogP contribution in [0.1, 0.15) is 20.8 Å². The van der Waals surface area contributed by atoms with Gasteiger partial charge in [-0.3, -0.25) is 15.1 Å². The molecule has 0 saturated heterocycles. The Labute approximate surface area is 254 Å². The van der Waals surface area contributed by atoms with Crippen molar-refractivity contribution in [2.24, 2.45) is 5.41 Å². The highest BCUT2D eigenvalue weighted by molar-refractivity contribution is 5.96. The van der Waals surface area contributed by atoms with E-state index in [2.05, 4.69) is 45.7 Å². The lowest BCUT2D eigenvalue weighted by molar-refractivity contribution is 0.0880. The first-order valence-electron chi connectivity index (χ1n) is 14.3. The summed E-state index contributed by atoms with van der Waals surface area (Å²) in [4.78, 5) is 23.8. The molecular formula is C32H35FN10O. The molecule has 5 heterocycles. The van der Waals surface area contributed by atoms with Crippen LogP contribution in [0.4, 0.5) is 15.8 Å². The lowest BCUT2D eigenvalue weighted by atomic mass is 9.94. The highest BCUT2D eigenvalue weighted by Crippen LogP contribution is 2.33. The molecule has 0 aliphatic carbocycles. The van der Waals surface area contributed by atoms with Crippen LogP contribution in [0.25, 0.3) is 56.0 Å². The van der Waals surface area contributed by atoms with Gasteiger partial charge in [-0.25, -0.2) is 14.4 Å². The average molecular weight is 595 g/mol. The van der Waals surface area contributed by atoms with E-state index in [9.17, 15) is 9.50 Å². The Morgan fingerprint density at radius 1 is 0.955 bits per heavy atom. The van der Waals surface area contributed by atoms with E-state index in [1.165, 1.54) is 12.1 Å². The minimum atomic E-state index is -0.744. The zero-order valence-corrected chi connectivity index (χ0v) is 25.3. The minimum Gasteiger partial charge on any atom is -0.384 e. The fourth-order valence-corrected chi connectivity index (χ4v) is 4.80. The number of aromatic nitrogens is 7. The van der Waals surface area contributed by atoms with Crippen LogP contribution in [0.2, 0.25) is 0 Å². The largest absolute Gasteiger partial charge is 0.384 e. The van der Waals surface area contributed by atoms with Crippen molar-refractivity contribution < 1.29 is 9.50 Å². The number of aromatic amines is 2. The average Bonchev–Trinajstić information content (AvgIpc) is 3.60. The summed E-state index contributed by atoms with van der Waals surface area (Å²) in [7, 11) is 3.98. The second kappa shape index (κ2) is 11.6. The number of hydrogen-bond acceptors (Lipinski definition) is 9. The van der Waals surface area contributed by atoms with Gasteiger partial charge in [-0.05, 0) is 50.5 Å². The number of anilines is 2. The van der Waals surface area contributed by atoms with Gasteiger partial charge in [0.15, 0.2) is 11.5 Å². The number of nitrogens with one attached hydrogen (secondary N) is 4. The van der Waals surface area contributed by atoms with E-state index in [1.54, 1.807) is 24.8 Å². The maximum Gasteiger partial charge on any atom is 0.159 e. The highest BCUT2D eigenvalue weighted by Gasteiger charge is 2.22. The molecule has 12 heteroatoms. The summed E-state index contributed by atoms with van der Waals surface area (Å²) in [6.07, 6.45) is 6.11. The van der Waals surface area contributed by atoms with Crippen LogP contribution in [0.3, 0.4) is 0 Å². The molecule has 0 aliphatic heterocycles. The number of aliphatic hydroxyl groups is 1. The number of likely N-dealkylation sites (N-methyl/N-ethyl adjacent to an activating group) is 1. The van der Waals surface area contributed by atoms with Gasteiger partial charge in [-0.2, -0.15) is 5.10 Å². The molecular weight excluding hydrogens is 559 g/mol. The molecule has 0 saturated carbocycles. The minimum absolute atomic E-state index is 0.343. The molecule has 1 unspecified atom stereocenters. The van der Waals surface area contributed by atoms with Crippen molar-refractivity contribution in [3.8, 4) is 33.9 Å². The van der Waals surface area contributed by atoms with E-state index in [1.807, 2.05) is 59.1 Å². The standard InChI is InChI=1S/C32H35FN10O/c1-32(2,3)31(44)38-23-12-19(15-34-17-23)20-13-24-27(41-42-29(24)37-16-20)30-39-25-6-7-36-26(28(25)40-30)18-10-21(33)14-22(11-18)35-8-9-43(4)5/h6-7,10-17,31,35,38,44H,8-9H2,1-5H3,(H,39,40)(H,37,41,42). The summed E-state index contributed by atoms with van der Waals surface area (Å²) < 4.78 is 14.7. The molecule has 1 aromatic carbocycles. The van der Waals surface area contributed by atoms with Crippen molar-refractivity contribution in [1.29, 1.82) is 0 Å². The summed E-state index contributed by atoms with van der Waals surface area (Å²) in [5.41, 5.74) is 6.41. The van der Waals surface area contributed by atoms with Crippen LogP contribution in [-0.2, 0) is 0 Å². The molecule has 0 radical (unpaired) electrons. The van der Waals surface area contributed by atoms with Crippen molar-refractivity contribution in [3.63, 3.8) is 0 Å². The molecule has 226 valence electrons. The normalized spacial score (nSPS) is 12.7. The Hall–Kier alpha value is -4.94. The molecule has 5 aromatic heterocycles. The molecule has 0 spiro atoms. The Kier molecular flexibility index (Phi) is 7.70. The van der Waals surface area contributed by atoms with Gasteiger partial charge in [0.25, 0.3) is 0 Å². The molecule has 1 atom stereocenters. The van der Waals surface area contributed by atoms with Gasteiger partial charge in [-0.15, -0.1) is 0 Å². The number of nitrogens with zero attached hydrogens (tertiary/aromatic N) is 6. The van der Waals surface area contributed by atoms with Crippen molar-refractivity contribution >= 4 is 33.4 Å². The molecule has 44 heavy (non-hydrogen) atoms. The zero-order valence-electron chi connectivity index (χ0n) is 25.3. The maximum atomic E-state index is 14.7. The second-order valence-electron chi connectivity index (χ2n) is 12.2. The van der Waals surface area contributed by atoms with E-state index in [0.717, 1.165) is 28.6 Å². The number of aliphatic hydroxyl groups excluding tert-OH is 1. The third-order valence-electron chi connectivity index (χ3n) is 7.30. The Bertz CT molecular complexity index is 1940. The highest BCUT2D eigenvalue weighted by atomic mass is 19.1. The molecule has 0 amide bonds. The number of benzene rings is 1. The first-order valence-corrected chi connectivity index (χ1v) is 14.3. The summed E-state index contributed by atoms with van der Waals surface area (Å²) in [6.45, 7) is 7.36. The number of pyridine rings is 3. The molecule has 6 rings (SSSR count). The van der Waals surface area contributed by atoms with Gasteiger partial charge in [0.2, 0.25) is 0 Å². The number of halogens is 1. The number of H-pyrrole nitrogens is 2. The van der Waals surface area contributed by atoms with Crippen molar-refractivity contribution in [3.05, 3.63) is 67.0 Å².